The molecule has 0 aliphatic heterocycles. The number of ether oxygens (including phenoxy) is 1. The summed E-state index contributed by atoms with van der Waals surface area (Å²) in [4.78, 5) is 11.2. The molecule has 0 amide bonds. The summed E-state index contributed by atoms with van der Waals surface area (Å²) < 4.78 is 20.1. The summed E-state index contributed by atoms with van der Waals surface area (Å²) in [5.74, 6) is -2.06. The van der Waals surface area contributed by atoms with Crippen molar-refractivity contribution < 1.29 is 19.0 Å². The van der Waals surface area contributed by atoms with Crippen LogP contribution < -0.4 is 4.74 Å². The third-order valence-electron chi connectivity index (χ3n) is 5.38. The van der Waals surface area contributed by atoms with E-state index in [9.17, 15) is 9.18 Å². The van der Waals surface area contributed by atoms with Crippen molar-refractivity contribution in [2.45, 2.75) is 71.6 Å². The van der Waals surface area contributed by atoms with Gasteiger partial charge in [-0.3, -0.25) is 0 Å². The van der Waals surface area contributed by atoms with E-state index < -0.39 is 11.8 Å². The molecular formula is C21H29FO3. The molecule has 0 atom stereocenters. The van der Waals surface area contributed by atoms with Crippen LogP contribution in [0.1, 0.15) is 77.5 Å². The van der Waals surface area contributed by atoms with Crippen LogP contribution in [-0.4, -0.2) is 17.7 Å². The number of fused-ring (bicyclic) bond motifs is 1. The van der Waals surface area contributed by atoms with Crippen LogP contribution in [0.25, 0.3) is 5.57 Å². The highest BCUT2D eigenvalue weighted by Gasteiger charge is 2.38. The first-order valence-electron chi connectivity index (χ1n) is 8.99. The second kappa shape index (κ2) is 6.81. The molecule has 1 aromatic rings. The smallest absolute Gasteiger partial charge is 0.365 e. The van der Waals surface area contributed by atoms with Gasteiger partial charge in [-0.2, -0.15) is 4.39 Å². The van der Waals surface area contributed by atoms with Gasteiger partial charge < -0.3 is 9.84 Å². The van der Waals surface area contributed by atoms with Crippen LogP contribution in [0, 0.1) is 0 Å². The maximum absolute atomic E-state index is 14.3. The van der Waals surface area contributed by atoms with Gasteiger partial charge in [-0.15, -0.1) is 0 Å². The van der Waals surface area contributed by atoms with E-state index >= 15 is 0 Å². The molecule has 0 aromatic heterocycles. The standard InChI is InChI=1S/C21H29FO3/c1-7-13(18(22)19(23)24)14-11-15-16(12-17(14)25-8-2)21(5,6)10-9-20(15,3)4/h11-12H,7-10H2,1-6H3,(H,23,24)/b18-13+. The fourth-order valence-electron chi connectivity index (χ4n) is 3.70. The Labute approximate surface area is 149 Å². The van der Waals surface area contributed by atoms with Crippen molar-refractivity contribution in [3.63, 3.8) is 0 Å². The number of halogens is 1. The fraction of sp³-hybridized carbons (Fsp3) is 0.571. The molecule has 1 aliphatic carbocycles. The molecule has 0 saturated heterocycles. The van der Waals surface area contributed by atoms with Gasteiger partial charge in [0.05, 0.1) is 6.61 Å². The minimum absolute atomic E-state index is 0.0106. The van der Waals surface area contributed by atoms with Gasteiger partial charge in [0.25, 0.3) is 0 Å². The molecule has 0 bridgehead atoms. The van der Waals surface area contributed by atoms with Crippen LogP contribution in [0.15, 0.2) is 18.0 Å². The van der Waals surface area contributed by atoms with Gasteiger partial charge in [0.2, 0.25) is 5.83 Å². The lowest BCUT2D eigenvalue weighted by atomic mass is 9.62. The number of carboxylic acid groups (broad SMARTS) is 1. The fourth-order valence-corrected chi connectivity index (χ4v) is 3.70. The Morgan fingerprint density at radius 2 is 1.64 bits per heavy atom. The first-order valence-corrected chi connectivity index (χ1v) is 8.99. The SMILES string of the molecule is CCOc1cc2c(cc1/C(CC)=C(/F)C(=O)O)C(C)(C)CCC2(C)C. The third kappa shape index (κ3) is 3.58. The number of carbonyl (C=O) groups is 1. The highest BCUT2D eigenvalue weighted by Crippen LogP contribution is 2.49. The summed E-state index contributed by atoms with van der Waals surface area (Å²) in [7, 11) is 0. The molecule has 4 heteroatoms. The number of aliphatic carboxylic acids is 1. The van der Waals surface area contributed by atoms with Crippen LogP contribution >= 0.6 is 0 Å². The van der Waals surface area contributed by atoms with E-state index in [-0.39, 0.29) is 16.4 Å². The van der Waals surface area contributed by atoms with Crippen molar-refractivity contribution in [3.05, 3.63) is 34.6 Å². The second-order valence-electron chi connectivity index (χ2n) is 8.05. The van der Waals surface area contributed by atoms with Crippen molar-refractivity contribution in [3.8, 4) is 5.75 Å². The summed E-state index contributed by atoms with van der Waals surface area (Å²) >= 11 is 0. The number of rotatable bonds is 5. The second-order valence-corrected chi connectivity index (χ2v) is 8.05. The van der Waals surface area contributed by atoms with Crippen molar-refractivity contribution in [1.29, 1.82) is 0 Å². The zero-order valence-electron chi connectivity index (χ0n) is 16.1. The highest BCUT2D eigenvalue weighted by atomic mass is 19.1. The van der Waals surface area contributed by atoms with Crippen LogP contribution in [0.4, 0.5) is 4.39 Å². The first-order chi connectivity index (χ1) is 11.5. The van der Waals surface area contributed by atoms with Gasteiger partial charge in [-0.1, -0.05) is 34.6 Å². The summed E-state index contributed by atoms with van der Waals surface area (Å²) in [5, 5.41) is 9.12. The van der Waals surface area contributed by atoms with Gasteiger partial charge >= 0.3 is 5.97 Å². The van der Waals surface area contributed by atoms with Crippen LogP contribution in [-0.2, 0) is 15.6 Å². The molecule has 1 aromatic carbocycles. The Bertz CT molecular complexity index is 714. The Morgan fingerprint density at radius 1 is 1.12 bits per heavy atom. The average molecular weight is 348 g/mol. The molecule has 0 heterocycles. The maximum Gasteiger partial charge on any atom is 0.365 e. The van der Waals surface area contributed by atoms with Crippen LogP contribution in [0.3, 0.4) is 0 Å². The Kier molecular flexibility index (Phi) is 5.31. The topological polar surface area (TPSA) is 46.5 Å². The largest absolute Gasteiger partial charge is 0.493 e. The number of hydrogen-bond donors (Lipinski definition) is 1. The van der Waals surface area contributed by atoms with E-state index in [4.69, 9.17) is 9.84 Å². The normalized spacial score (nSPS) is 19.0. The van der Waals surface area contributed by atoms with Crippen molar-refractivity contribution in [1.82, 2.24) is 0 Å². The van der Waals surface area contributed by atoms with E-state index in [2.05, 4.69) is 27.7 Å². The molecule has 0 saturated carbocycles. The molecule has 1 N–H and O–H groups in total. The van der Waals surface area contributed by atoms with E-state index in [1.807, 2.05) is 19.1 Å². The number of allylic oxidation sites excluding steroid dienone is 1. The van der Waals surface area contributed by atoms with Gasteiger partial charge in [-0.25, -0.2) is 4.79 Å². The minimum atomic E-state index is -1.53. The van der Waals surface area contributed by atoms with E-state index in [0.29, 0.717) is 24.3 Å². The molecule has 2 rings (SSSR count). The van der Waals surface area contributed by atoms with E-state index in [0.717, 1.165) is 18.4 Å². The molecular weight excluding hydrogens is 319 g/mol. The zero-order chi connectivity index (χ0) is 19.0. The predicted octanol–water partition coefficient (Wildman–Crippen LogP) is 5.61. The molecule has 0 fully saturated rings. The minimum Gasteiger partial charge on any atom is -0.493 e. The zero-order valence-corrected chi connectivity index (χ0v) is 16.1. The predicted molar refractivity (Wildman–Crippen MR) is 98.9 cm³/mol. The number of hydrogen-bond acceptors (Lipinski definition) is 2. The monoisotopic (exact) mass is 348 g/mol. The lowest BCUT2D eigenvalue weighted by molar-refractivity contribution is -0.134. The van der Waals surface area contributed by atoms with Gasteiger partial charge in [-0.05, 0) is 60.3 Å². The quantitative estimate of drug-likeness (QED) is 0.704. The molecule has 0 spiro atoms. The van der Waals surface area contributed by atoms with Crippen LogP contribution in [0.5, 0.6) is 5.75 Å². The lowest BCUT2D eigenvalue weighted by Gasteiger charge is -2.42. The molecule has 138 valence electrons. The van der Waals surface area contributed by atoms with Crippen molar-refractivity contribution in [2.24, 2.45) is 0 Å². The van der Waals surface area contributed by atoms with Gasteiger partial charge in [0, 0.05) is 11.1 Å². The molecule has 3 nitrogen and oxygen atoms in total. The number of carboxylic acids is 1. The Balaban J connectivity index is 2.81. The average Bonchev–Trinajstić information content (AvgIpc) is 2.53. The Hall–Kier alpha value is -1.84. The molecule has 25 heavy (non-hydrogen) atoms. The van der Waals surface area contributed by atoms with Crippen molar-refractivity contribution in [2.75, 3.05) is 6.61 Å². The Morgan fingerprint density at radius 3 is 2.08 bits per heavy atom. The molecule has 0 radical (unpaired) electrons. The van der Waals surface area contributed by atoms with Gasteiger partial charge in [0.1, 0.15) is 5.75 Å². The maximum atomic E-state index is 14.3. The summed E-state index contributed by atoms with van der Waals surface area (Å²) in [6, 6.07) is 3.96. The van der Waals surface area contributed by atoms with Crippen LogP contribution in [0.2, 0.25) is 0 Å². The van der Waals surface area contributed by atoms with Gasteiger partial charge in [0.15, 0.2) is 0 Å². The lowest BCUT2D eigenvalue weighted by Crippen LogP contribution is -2.34. The van der Waals surface area contributed by atoms with E-state index in [1.165, 1.54) is 5.56 Å². The third-order valence-corrected chi connectivity index (χ3v) is 5.38. The summed E-state index contributed by atoms with van der Waals surface area (Å²) in [6.07, 6.45) is 2.39. The van der Waals surface area contributed by atoms with Crippen molar-refractivity contribution >= 4 is 11.5 Å². The van der Waals surface area contributed by atoms with E-state index in [1.54, 1.807) is 6.92 Å². The molecule has 0 unspecified atom stereocenters. The summed E-state index contributed by atoms with van der Waals surface area (Å²) in [6.45, 7) is 12.9. The molecule has 1 aliphatic rings. The summed E-state index contributed by atoms with van der Waals surface area (Å²) in [5.41, 5.74) is 3.10. The first kappa shape index (κ1) is 19.5. The highest BCUT2D eigenvalue weighted by molar-refractivity contribution is 5.95. The number of benzene rings is 1.